The molecule has 1 aromatic carbocycles. The maximum Gasteiger partial charge on any atom is 0.266 e. The fourth-order valence-electron chi connectivity index (χ4n) is 3.71. The first-order valence-corrected chi connectivity index (χ1v) is 6.97. The van der Waals surface area contributed by atoms with Gasteiger partial charge in [-0.1, -0.05) is 19.1 Å². The van der Waals surface area contributed by atoms with Gasteiger partial charge in [-0.15, -0.1) is 0 Å². The van der Waals surface area contributed by atoms with E-state index < -0.39 is 11.6 Å². The second kappa shape index (κ2) is 4.33. The second-order valence-corrected chi connectivity index (χ2v) is 5.63. The number of hydrogen-bond donors (Lipinski definition) is 5. The Morgan fingerprint density at radius 3 is 2.85 bits per heavy atom. The summed E-state index contributed by atoms with van der Waals surface area (Å²) in [5, 5.41) is 33.1. The summed E-state index contributed by atoms with van der Waals surface area (Å²) in [6, 6.07) is 5.81. The number of aliphatic hydroxyl groups excluding tert-OH is 1. The van der Waals surface area contributed by atoms with Crippen molar-refractivity contribution in [3.63, 3.8) is 0 Å². The van der Waals surface area contributed by atoms with Gasteiger partial charge in [0.2, 0.25) is 0 Å². The molecule has 0 fully saturated rings. The highest BCUT2D eigenvalue weighted by molar-refractivity contribution is 5.81. The van der Waals surface area contributed by atoms with Crippen molar-refractivity contribution in [2.75, 3.05) is 23.4 Å². The summed E-state index contributed by atoms with van der Waals surface area (Å²) < 4.78 is 0. The van der Waals surface area contributed by atoms with E-state index in [9.17, 15) is 15.3 Å². The van der Waals surface area contributed by atoms with E-state index in [1.54, 1.807) is 0 Å². The predicted octanol–water partition coefficient (Wildman–Crippen LogP) is 0.101. The van der Waals surface area contributed by atoms with Gasteiger partial charge in [0.1, 0.15) is 5.66 Å². The molecule has 2 atom stereocenters. The molecule has 2 unspecified atom stereocenters. The maximum absolute atomic E-state index is 10.3. The molecule has 3 rings (SSSR count). The van der Waals surface area contributed by atoms with Crippen LogP contribution in [0.1, 0.15) is 31.2 Å². The number of hydrogen-bond acceptors (Lipinski definition) is 6. The van der Waals surface area contributed by atoms with Crippen LogP contribution < -0.4 is 16.0 Å². The number of anilines is 2. The molecule has 0 saturated heterocycles. The van der Waals surface area contributed by atoms with E-state index in [1.807, 2.05) is 25.1 Å². The number of nitrogens with two attached hydrogens (primary N) is 1. The van der Waals surface area contributed by atoms with E-state index >= 15 is 0 Å². The summed E-state index contributed by atoms with van der Waals surface area (Å²) in [6.07, 6.45) is 1.04. The Bertz CT molecular complexity index is 534. The zero-order valence-corrected chi connectivity index (χ0v) is 11.5. The smallest absolute Gasteiger partial charge is 0.266 e. The molecule has 0 aliphatic carbocycles. The summed E-state index contributed by atoms with van der Waals surface area (Å²) in [7, 11) is 0. The topological polar surface area (TPSA) is 102 Å². The van der Waals surface area contributed by atoms with Crippen LogP contribution in [-0.2, 0) is 0 Å². The van der Waals surface area contributed by atoms with Crippen LogP contribution in [0.5, 0.6) is 0 Å². The molecule has 2 aliphatic rings. The van der Waals surface area contributed by atoms with Crippen LogP contribution in [0.15, 0.2) is 18.2 Å². The van der Waals surface area contributed by atoms with E-state index in [1.165, 1.54) is 4.90 Å². The summed E-state index contributed by atoms with van der Waals surface area (Å²) in [5.74, 6) is -2.11. The second-order valence-electron chi connectivity index (χ2n) is 5.63. The number of nitrogens with zero attached hydrogens (tertiary/aromatic N) is 1. The van der Waals surface area contributed by atoms with Crippen molar-refractivity contribution in [3.05, 3.63) is 23.8 Å². The summed E-state index contributed by atoms with van der Waals surface area (Å²) in [5.41, 5.74) is 8.13. The number of benzene rings is 1. The van der Waals surface area contributed by atoms with Crippen molar-refractivity contribution in [1.29, 1.82) is 0 Å². The molecular weight excluding hydrogens is 258 g/mol. The van der Waals surface area contributed by atoms with Crippen LogP contribution >= 0.6 is 0 Å². The van der Waals surface area contributed by atoms with Crippen LogP contribution in [0.3, 0.4) is 0 Å². The Morgan fingerprint density at radius 1 is 1.45 bits per heavy atom. The zero-order valence-electron chi connectivity index (χ0n) is 11.5. The first-order valence-electron chi connectivity index (χ1n) is 6.97. The molecule has 1 aromatic rings. The lowest BCUT2D eigenvalue weighted by Gasteiger charge is -2.49. The van der Waals surface area contributed by atoms with Crippen molar-refractivity contribution < 1.29 is 15.3 Å². The van der Waals surface area contributed by atoms with Crippen LogP contribution in [0.25, 0.3) is 0 Å². The van der Waals surface area contributed by atoms with Gasteiger partial charge in [0.05, 0.1) is 17.9 Å². The number of aliphatic hydroxyl groups is 3. The van der Waals surface area contributed by atoms with Crippen LogP contribution in [0, 0.1) is 0 Å². The highest BCUT2D eigenvalue weighted by atomic mass is 16.5. The van der Waals surface area contributed by atoms with E-state index in [-0.39, 0.29) is 25.5 Å². The summed E-state index contributed by atoms with van der Waals surface area (Å²) in [4.78, 5) is 1.48. The molecule has 6 heteroatoms. The van der Waals surface area contributed by atoms with Crippen LogP contribution in [-0.4, -0.2) is 40.0 Å². The average molecular weight is 279 g/mol. The van der Waals surface area contributed by atoms with E-state index in [4.69, 9.17) is 5.73 Å². The van der Waals surface area contributed by atoms with Gasteiger partial charge in [0.25, 0.3) is 5.91 Å². The van der Waals surface area contributed by atoms with Gasteiger partial charge in [-0.25, -0.2) is 0 Å². The Morgan fingerprint density at radius 2 is 2.20 bits per heavy atom. The minimum atomic E-state index is -2.06. The van der Waals surface area contributed by atoms with Gasteiger partial charge in [-0.05, 0) is 18.1 Å². The number of β-amino-alcohol motifs (C(OH)–C–C–N with tert-alkyl or cyclic N) is 2. The van der Waals surface area contributed by atoms with Crippen LogP contribution in [0.2, 0.25) is 0 Å². The van der Waals surface area contributed by atoms with Crippen molar-refractivity contribution >= 4 is 11.4 Å². The zero-order chi connectivity index (χ0) is 14.5. The highest BCUT2D eigenvalue weighted by Crippen LogP contribution is 2.54. The Hall–Kier alpha value is -1.34. The lowest BCUT2D eigenvalue weighted by atomic mass is 9.85. The summed E-state index contributed by atoms with van der Waals surface area (Å²) >= 11 is 0. The fraction of sp³-hybridized carbons (Fsp3) is 0.571. The van der Waals surface area contributed by atoms with Gasteiger partial charge < -0.3 is 26.4 Å². The van der Waals surface area contributed by atoms with Gasteiger partial charge >= 0.3 is 0 Å². The Balaban J connectivity index is 2.23. The third-order valence-electron chi connectivity index (χ3n) is 4.48. The normalized spacial score (nSPS) is 30.1. The molecule has 2 heterocycles. The van der Waals surface area contributed by atoms with Crippen molar-refractivity contribution in [1.82, 2.24) is 0 Å². The molecule has 110 valence electrons. The van der Waals surface area contributed by atoms with Gasteiger partial charge in [-0.2, -0.15) is 0 Å². The third-order valence-corrected chi connectivity index (χ3v) is 4.48. The standard InChI is InChI=1S/C14H21N3O3/c1-2-10-9-4-3-5-11-12(9)17(13(10,15)6-7-18)14(19,20)8-16-11/h3-5,10,16,18-20H,2,6-8,15H2,1H3. The molecule has 0 spiro atoms. The summed E-state index contributed by atoms with van der Waals surface area (Å²) in [6.45, 7) is 1.89. The molecule has 6 nitrogen and oxygen atoms in total. The predicted molar refractivity (Wildman–Crippen MR) is 76.2 cm³/mol. The first kappa shape index (κ1) is 13.6. The van der Waals surface area contributed by atoms with Gasteiger partial charge in [0, 0.05) is 18.9 Å². The number of nitrogens with one attached hydrogen (secondary N) is 1. The molecule has 0 amide bonds. The van der Waals surface area contributed by atoms with Gasteiger partial charge in [0.15, 0.2) is 0 Å². The maximum atomic E-state index is 10.3. The quantitative estimate of drug-likeness (QED) is 0.503. The average Bonchev–Trinajstić information content (AvgIpc) is 2.65. The SMILES string of the molecule is CCC1c2cccc3c2N(C(O)(O)CN3)C1(N)CCO. The molecule has 6 N–H and O–H groups in total. The van der Waals surface area contributed by atoms with Crippen molar-refractivity contribution in [2.45, 2.75) is 37.3 Å². The minimum absolute atomic E-state index is 0.0235. The monoisotopic (exact) mass is 279 g/mol. The molecule has 0 aromatic heterocycles. The molecule has 2 aliphatic heterocycles. The largest absolute Gasteiger partial charge is 0.396 e. The lowest BCUT2D eigenvalue weighted by molar-refractivity contribution is -0.162. The third kappa shape index (κ3) is 1.59. The van der Waals surface area contributed by atoms with Crippen molar-refractivity contribution in [2.24, 2.45) is 5.73 Å². The number of para-hydroxylation sites is 1. The minimum Gasteiger partial charge on any atom is -0.396 e. The van der Waals surface area contributed by atoms with Crippen LogP contribution in [0.4, 0.5) is 11.4 Å². The Kier molecular flexibility index (Phi) is 2.95. The highest BCUT2D eigenvalue weighted by Gasteiger charge is 2.57. The molecule has 20 heavy (non-hydrogen) atoms. The number of rotatable bonds is 3. The molecular formula is C14H21N3O3. The van der Waals surface area contributed by atoms with E-state index in [2.05, 4.69) is 5.32 Å². The van der Waals surface area contributed by atoms with Gasteiger partial charge in [-0.3, -0.25) is 4.90 Å². The first-order chi connectivity index (χ1) is 9.45. The lowest BCUT2D eigenvalue weighted by Crippen LogP contribution is -2.69. The fourth-order valence-corrected chi connectivity index (χ4v) is 3.71. The Labute approximate surface area is 117 Å². The molecule has 0 radical (unpaired) electrons. The van der Waals surface area contributed by atoms with E-state index in [0.717, 1.165) is 23.4 Å². The molecule has 0 bridgehead atoms. The molecule has 0 saturated carbocycles. The van der Waals surface area contributed by atoms with E-state index in [0.29, 0.717) is 0 Å². The van der Waals surface area contributed by atoms with Crippen molar-refractivity contribution in [3.8, 4) is 0 Å².